The van der Waals surface area contributed by atoms with Crippen molar-refractivity contribution < 1.29 is 13.9 Å². The van der Waals surface area contributed by atoms with Crippen LogP contribution in [0.5, 0.6) is 0 Å². The molecule has 1 N–H and O–H groups in total. The number of likely N-dealkylation sites (N-methyl/N-ethyl adjacent to an activating group) is 1. The molecule has 1 aliphatic carbocycles. The van der Waals surface area contributed by atoms with Crippen molar-refractivity contribution in [3.8, 4) is 0 Å². The first-order valence-corrected chi connectivity index (χ1v) is 6.93. The van der Waals surface area contributed by atoms with Crippen molar-refractivity contribution in [2.75, 3.05) is 25.6 Å². The van der Waals surface area contributed by atoms with E-state index < -0.39 is 11.8 Å². The van der Waals surface area contributed by atoms with E-state index >= 15 is 0 Å². The summed E-state index contributed by atoms with van der Waals surface area (Å²) in [7, 11) is 3.26. The molecule has 0 bridgehead atoms. The van der Waals surface area contributed by atoms with Crippen molar-refractivity contribution in [1.82, 2.24) is 5.32 Å². The maximum absolute atomic E-state index is 14.0. The zero-order chi connectivity index (χ0) is 14.3. The van der Waals surface area contributed by atoms with Crippen molar-refractivity contribution in [3.05, 3.63) is 29.6 Å². The van der Waals surface area contributed by atoms with Gasteiger partial charge in [-0.05, 0) is 44.0 Å². The summed E-state index contributed by atoms with van der Waals surface area (Å²) in [4.78, 5) is 13.6. The lowest BCUT2D eigenvalue weighted by Gasteiger charge is -2.52. The maximum atomic E-state index is 14.0. The highest BCUT2D eigenvalue weighted by molar-refractivity contribution is 5.90. The number of carbonyl (C=O) groups is 1. The molecule has 1 saturated heterocycles. The minimum Gasteiger partial charge on any atom is -0.465 e. The van der Waals surface area contributed by atoms with E-state index in [2.05, 4.69) is 15.0 Å². The van der Waals surface area contributed by atoms with Crippen LogP contribution in [0.1, 0.15) is 29.6 Å². The molecule has 0 amide bonds. The molecule has 1 saturated carbocycles. The molecule has 108 valence electrons. The fourth-order valence-corrected chi connectivity index (χ4v) is 3.49. The van der Waals surface area contributed by atoms with E-state index in [1.807, 2.05) is 7.05 Å². The predicted molar refractivity (Wildman–Crippen MR) is 74.5 cm³/mol. The molecular weight excluding hydrogens is 259 g/mol. The quantitative estimate of drug-likeness (QED) is 0.858. The van der Waals surface area contributed by atoms with Gasteiger partial charge in [-0.15, -0.1) is 0 Å². The molecular formula is C15H19FN2O2. The van der Waals surface area contributed by atoms with Crippen LogP contribution in [-0.4, -0.2) is 38.3 Å². The summed E-state index contributed by atoms with van der Waals surface area (Å²) in [5.74, 6) is -1.17. The van der Waals surface area contributed by atoms with Gasteiger partial charge >= 0.3 is 5.97 Å². The summed E-state index contributed by atoms with van der Waals surface area (Å²) in [6, 6.07) is 5.21. The van der Waals surface area contributed by atoms with E-state index in [0.29, 0.717) is 6.04 Å². The fraction of sp³-hybridized carbons (Fsp3) is 0.533. The number of methoxy groups -OCH3 is 1. The number of ether oxygens (including phenoxy) is 1. The van der Waals surface area contributed by atoms with E-state index in [0.717, 1.165) is 25.1 Å². The van der Waals surface area contributed by atoms with Gasteiger partial charge in [-0.25, -0.2) is 9.18 Å². The Labute approximate surface area is 117 Å². The first-order valence-electron chi connectivity index (χ1n) is 6.93. The Morgan fingerprint density at radius 3 is 2.85 bits per heavy atom. The van der Waals surface area contributed by atoms with Crippen molar-refractivity contribution in [3.63, 3.8) is 0 Å². The lowest BCUT2D eigenvalue weighted by molar-refractivity contribution is 0.0595. The lowest BCUT2D eigenvalue weighted by atomic mass is 9.71. The van der Waals surface area contributed by atoms with Crippen molar-refractivity contribution in [2.45, 2.75) is 30.8 Å². The Bertz CT molecular complexity index is 549. The highest BCUT2D eigenvalue weighted by Crippen LogP contribution is 2.45. The molecule has 0 radical (unpaired) electrons. The number of fused-ring (bicyclic) bond motifs is 1. The Morgan fingerprint density at radius 2 is 2.30 bits per heavy atom. The predicted octanol–water partition coefficient (Wildman–Crippen LogP) is 1.94. The molecule has 1 aromatic carbocycles. The molecule has 1 aliphatic heterocycles. The third kappa shape index (κ3) is 1.80. The summed E-state index contributed by atoms with van der Waals surface area (Å²) in [6.45, 7) is 1.01. The van der Waals surface area contributed by atoms with Crippen LogP contribution in [0.4, 0.5) is 10.1 Å². The monoisotopic (exact) mass is 278 g/mol. The number of hydrogen-bond acceptors (Lipinski definition) is 4. The van der Waals surface area contributed by atoms with Crippen LogP contribution in [-0.2, 0) is 4.74 Å². The molecule has 4 nitrogen and oxygen atoms in total. The van der Waals surface area contributed by atoms with Gasteiger partial charge in [0.15, 0.2) is 0 Å². The summed E-state index contributed by atoms with van der Waals surface area (Å²) in [5, 5.41) is 3.49. The minimum absolute atomic E-state index is 0.0168. The van der Waals surface area contributed by atoms with Gasteiger partial charge in [-0.3, -0.25) is 0 Å². The summed E-state index contributed by atoms with van der Waals surface area (Å²) in [6.07, 6.45) is 3.38. The molecule has 1 heterocycles. The lowest BCUT2D eigenvalue weighted by Crippen LogP contribution is -2.62. The smallest absolute Gasteiger partial charge is 0.340 e. The van der Waals surface area contributed by atoms with Crippen LogP contribution >= 0.6 is 0 Å². The Balaban J connectivity index is 1.88. The largest absolute Gasteiger partial charge is 0.465 e. The topological polar surface area (TPSA) is 41.6 Å². The van der Waals surface area contributed by atoms with E-state index in [1.165, 1.54) is 25.7 Å². The summed E-state index contributed by atoms with van der Waals surface area (Å²) in [5.41, 5.74) is 0.902. The average Bonchev–Trinajstić information content (AvgIpc) is 2.73. The van der Waals surface area contributed by atoms with Gasteiger partial charge in [0.2, 0.25) is 0 Å². The number of esters is 1. The number of benzene rings is 1. The molecule has 5 heteroatoms. The zero-order valence-electron chi connectivity index (χ0n) is 11.8. The van der Waals surface area contributed by atoms with Gasteiger partial charge in [0.05, 0.1) is 18.2 Å². The van der Waals surface area contributed by atoms with Crippen molar-refractivity contribution in [1.29, 1.82) is 0 Å². The zero-order valence-corrected chi connectivity index (χ0v) is 11.8. The first-order chi connectivity index (χ1) is 9.58. The van der Waals surface area contributed by atoms with Crippen molar-refractivity contribution >= 4 is 11.7 Å². The average molecular weight is 278 g/mol. The van der Waals surface area contributed by atoms with E-state index in [-0.39, 0.29) is 11.1 Å². The SMILES string of the molecule is COC(=O)c1ccc(N(C)C23CCNC2CC3)cc1F. The molecule has 0 spiro atoms. The Morgan fingerprint density at radius 1 is 1.50 bits per heavy atom. The molecule has 2 fully saturated rings. The fourth-order valence-electron chi connectivity index (χ4n) is 3.49. The van der Waals surface area contributed by atoms with Gasteiger partial charge < -0.3 is 15.0 Å². The minimum atomic E-state index is -0.640. The first kappa shape index (κ1) is 13.4. The van der Waals surface area contributed by atoms with Gasteiger partial charge in [0.25, 0.3) is 0 Å². The number of carbonyl (C=O) groups excluding carboxylic acids is 1. The third-order valence-electron chi connectivity index (χ3n) is 4.88. The Kier molecular flexibility index (Phi) is 3.17. The second-order valence-electron chi connectivity index (χ2n) is 5.61. The highest BCUT2D eigenvalue weighted by atomic mass is 19.1. The number of hydrogen-bond donors (Lipinski definition) is 1. The molecule has 2 atom stereocenters. The van der Waals surface area contributed by atoms with Crippen LogP contribution in [0.15, 0.2) is 18.2 Å². The van der Waals surface area contributed by atoms with Crippen LogP contribution < -0.4 is 10.2 Å². The second-order valence-corrected chi connectivity index (χ2v) is 5.61. The van der Waals surface area contributed by atoms with Crippen LogP contribution in [0.3, 0.4) is 0 Å². The molecule has 1 aromatic rings. The third-order valence-corrected chi connectivity index (χ3v) is 4.88. The summed E-state index contributed by atoms with van der Waals surface area (Å²) >= 11 is 0. The second kappa shape index (κ2) is 4.74. The normalized spacial score (nSPS) is 27.6. The Hall–Kier alpha value is -1.62. The van der Waals surface area contributed by atoms with Crippen LogP contribution in [0.25, 0.3) is 0 Å². The van der Waals surface area contributed by atoms with Crippen molar-refractivity contribution in [2.24, 2.45) is 0 Å². The number of rotatable bonds is 3. The number of halogens is 1. The number of anilines is 1. The van der Waals surface area contributed by atoms with Crippen LogP contribution in [0.2, 0.25) is 0 Å². The standard InChI is InChI=1S/C15H19FN2O2/c1-18(15-6-5-13(15)17-8-7-15)10-3-4-11(12(16)9-10)14(19)20-2/h3-4,9,13,17H,5-8H2,1-2H3. The maximum Gasteiger partial charge on any atom is 0.340 e. The molecule has 3 rings (SSSR count). The van der Waals surface area contributed by atoms with E-state index in [1.54, 1.807) is 6.07 Å². The van der Waals surface area contributed by atoms with Gasteiger partial charge in [0.1, 0.15) is 5.82 Å². The molecule has 20 heavy (non-hydrogen) atoms. The van der Waals surface area contributed by atoms with Gasteiger partial charge in [0, 0.05) is 18.8 Å². The van der Waals surface area contributed by atoms with Crippen LogP contribution in [0, 0.1) is 5.82 Å². The van der Waals surface area contributed by atoms with E-state index in [9.17, 15) is 9.18 Å². The number of nitrogens with zero attached hydrogens (tertiary/aromatic N) is 1. The molecule has 2 aliphatic rings. The van der Waals surface area contributed by atoms with Gasteiger partial charge in [-0.2, -0.15) is 0 Å². The number of nitrogens with one attached hydrogen (secondary N) is 1. The summed E-state index contributed by atoms with van der Waals surface area (Å²) < 4.78 is 18.6. The van der Waals surface area contributed by atoms with Gasteiger partial charge in [-0.1, -0.05) is 0 Å². The molecule has 2 unspecified atom stereocenters. The van der Waals surface area contributed by atoms with E-state index in [4.69, 9.17) is 0 Å². The highest BCUT2D eigenvalue weighted by Gasteiger charge is 2.52. The molecule has 0 aromatic heterocycles.